The second kappa shape index (κ2) is 6.63. The quantitative estimate of drug-likeness (QED) is 0.788. The molecule has 1 saturated heterocycles. The van der Waals surface area contributed by atoms with E-state index in [9.17, 15) is 9.59 Å². The molecule has 28 heavy (non-hydrogen) atoms. The summed E-state index contributed by atoms with van der Waals surface area (Å²) < 4.78 is 21.2. The summed E-state index contributed by atoms with van der Waals surface area (Å²) in [5.74, 6) is 2.32. The van der Waals surface area contributed by atoms with Crippen LogP contribution in [0.5, 0.6) is 23.0 Å². The number of carbonyl (C=O) groups is 2. The van der Waals surface area contributed by atoms with Crippen molar-refractivity contribution in [3.05, 3.63) is 47.5 Å². The van der Waals surface area contributed by atoms with Gasteiger partial charge in [-0.25, -0.2) is 0 Å². The van der Waals surface area contributed by atoms with Crippen LogP contribution in [0.2, 0.25) is 0 Å². The molecule has 1 fully saturated rings. The normalized spacial score (nSPS) is 17.0. The molecule has 144 valence electrons. The molecule has 8 nitrogen and oxygen atoms in total. The Balaban J connectivity index is 1.23. The van der Waals surface area contributed by atoms with Crippen LogP contribution in [0.15, 0.2) is 36.4 Å². The first-order valence-corrected chi connectivity index (χ1v) is 9.07. The van der Waals surface area contributed by atoms with Crippen LogP contribution in [-0.2, 0) is 0 Å². The van der Waals surface area contributed by atoms with Crippen molar-refractivity contribution in [1.82, 2.24) is 9.80 Å². The molecule has 2 aromatic carbocycles. The smallest absolute Gasteiger partial charge is 0.254 e. The number of fused-ring (bicyclic) bond motifs is 2. The van der Waals surface area contributed by atoms with Gasteiger partial charge in [0.2, 0.25) is 13.6 Å². The van der Waals surface area contributed by atoms with E-state index in [2.05, 4.69) is 0 Å². The van der Waals surface area contributed by atoms with Gasteiger partial charge in [-0.1, -0.05) is 0 Å². The molecule has 0 radical (unpaired) electrons. The predicted octanol–water partition coefficient (Wildman–Crippen LogP) is 1.74. The predicted molar refractivity (Wildman–Crippen MR) is 96.9 cm³/mol. The Morgan fingerprint density at radius 3 is 1.43 bits per heavy atom. The van der Waals surface area contributed by atoms with E-state index in [0.717, 1.165) is 0 Å². The molecule has 8 heteroatoms. The zero-order chi connectivity index (χ0) is 19.1. The maximum Gasteiger partial charge on any atom is 0.254 e. The molecule has 2 aromatic rings. The van der Waals surface area contributed by atoms with Crippen LogP contribution in [0.25, 0.3) is 0 Å². The lowest BCUT2D eigenvalue weighted by molar-refractivity contribution is 0.0535. The summed E-state index contributed by atoms with van der Waals surface area (Å²) in [5.41, 5.74) is 1.11. The van der Waals surface area contributed by atoms with Crippen molar-refractivity contribution in [3.8, 4) is 23.0 Å². The average molecular weight is 382 g/mol. The number of rotatable bonds is 2. The van der Waals surface area contributed by atoms with E-state index < -0.39 is 0 Å². The number of amides is 2. The number of benzene rings is 2. The molecule has 2 amide bonds. The Morgan fingerprint density at radius 2 is 1.00 bits per heavy atom. The number of hydrogen-bond acceptors (Lipinski definition) is 6. The van der Waals surface area contributed by atoms with Crippen LogP contribution >= 0.6 is 0 Å². The Bertz CT molecular complexity index is 874. The van der Waals surface area contributed by atoms with Crippen LogP contribution in [0.3, 0.4) is 0 Å². The van der Waals surface area contributed by atoms with Crippen molar-refractivity contribution in [3.63, 3.8) is 0 Å². The highest BCUT2D eigenvalue weighted by molar-refractivity contribution is 5.96. The first-order chi connectivity index (χ1) is 13.7. The lowest BCUT2D eigenvalue weighted by Gasteiger charge is -2.35. The van der Waals surface area contributed by atoms with Crippen molar-refractivity contribution in [2.24, 2.45) is 0 Å². The molecule has 5 rings (SSSR count). The number of carbonyl (C=O) groups excluding carboxylic acids is 2. The molecule has 0 atom stereocenters. The van der Waals surface area contributed by atoms with E-state index in [0.29, 0.717) is 60.3 Å². The van der Waals surface area contributed by atoms with E-state index in [1.165, 1.54) is 0 Å². The lowest BCUT2D eigenvalue weighted by atomic mass is 10.1. The van der Waals surface area contributed by atoms with Crippen LogP contribution in [0, 0.1) is 0 Å². The molecule has 0 N–H and O–H groups in total. The van der Waals surface area contributed by atoms with Crippen LogP contribution in [-0.4, -0.2) is 61.4 Å². The number of hydrogen-bond donors (Lipinski definition) is 0. The highest BCUT2D eigenvalue weighted by Crippen LogP contribution is 2.34. The topological polar surface area (TPSA) is 77.5 Å². The molecule has 0 unspecified atom stereocenters. The Hall–Kier alpha value is -3.42. The molecule has 3 aliphatic rings. The minimum atomic E-state index is -0.0755. The largest absolute Gasteiger partial charge is 0.454 e. The summed E-state index contributed by atoms with van der Waals surface area (Å²) in [6.07, 6.45) is 0. The summed E-state index contributed by atoms with van der Waals surface area (Å²) >= 11 is 0. The van der Waals surface area contributed by atoms with Gasteiger partial charge in [0.25, 0.3) is 11.8 Å². The summed E-state index contributed by atoms with van der Waals surface area (Å²) in [5, 5.41) is 0. The minimum Gasteiger partial charge on any atom is -0.454 e. The zero-order valence-electron chi connectivity index (χ0n) is 15.1. The second-order valence-corrected chi connectivity index (χ2v) is 6.72. The maximum atomic E-state index is 12.8. The van der Waals surface area contributed by atoms with Gasteiger partial charge in [-0.05, 0) is 36.4 Å². The van der Waals surface area contributed by atoms with E-state index in [1.54, 1.807) is 46.2 Å². The second-order valence-electron chi connectivity index (χ2n) is 6.72. The fourth-order valence-corrected chi connectivity index (χ4v) is 3.54. The van der Waals surface area contributed by atoms with Gasteiger partial charge in [-0.2, -0.15) is 0 Å². The lowest BCUT2D eigenvalue weighted by Crippen LogP contribution is -2.50. The molecule has 0 saturated carbocycles. The molecule has 0 aromatic heterocycles. The monoisotopic (exact) mass is 382 g/mol. The summed E-state index contributed by atoms with van der Waals surface area (Å²) in [6, 6.07) is 10.4. The van der Waals surface area contributed by atoms with E-state index in [-0.39, 0.29) is 25.4 Å². The van der Waals surface area contributed by atoms with Crippen LogP contribution in [0.4, 0.5) is 0 Å². The molecule has 3 aliphatic heterocycles. The average Bonchev–Trinajstić information content (AvgIpc) is 3.40. The van der Waals surface area contributed by atoms with E-state index in [1.807, 2.05) is 0 Å². The third-order valence-corrected chi connectivity index (χ3v) is 5.09. The summed E-state index contributed by atoms with van der Waals surface area (Å²) in [4.78, 5) is 29.0. The number of nitrogens with zero attached hydrogens (tertiary/aromatic N) is 2. The maximum absolute atomic E-state index is 12.8. The summed E-state index contributed by atoms with van der Waals surface area (Å²) in [7, 11) is 0. The molecular formula is C20H18N2O6. The minimum absolute atomic E-state index is 0.0755. The standard InChI is InChI=1S/C20H18N2O6/c23-19(13-1-3-15-17(9-13)27-11-25-15)21-5-7-22(8-6-21)20(24)14-2-4-16-18(10-14)28-12-26-16/h1-4,9-10H,5-8,11-12H2. The van der Waals surface area contributed by atoms with Crippen molar-refractivity contribution in [2.75, 3.05) is 39.8 Å². The highest BCUT2D eigenvalue weighted by Gasteiger charge is 2.27. The molecule has 0 aliphatic carbocycles. The van der Waals surface area contributed by atoms with Crippen LogP contribution < -0.4 is 18.9 Å². The molecule has 3 heterocycles. The van der Waals surface area contributed by atoms with Crippen molar-refractivity contribution < 1.29 is 28.5 Å². The fraction of sp³-hybridized carbons (Fsp3) is 0.300. The van der Waals surface area contributed by atoms with Crippen LogP contribution in [0.1, 0.15) is 20.7 Å². The number of ether oxygens (including phenoxy) is 4. The van der Waals surface area contributed by atoms with Gasteiger partial charge >= 0.3 is 0 Å². The third-order valence-electron chi connectivity index (χ3n) is 5.09. The van der Waals surface area contributed by atoms with Gasteiger partial charge in [-0.15, -0.1) is 0 Å². The molecular weight excluding hydrogens is 364 g/mol. The zero-order valence-corrected chi connectivity index (χ0v) is 15.1. The first kappa shape index (κ1) is 16.7. The van der Waals surface area contributed by atoms with Crippen molar-refractivity contribution >= 4 is 11.8 Å². The molecule has 0 spiro atoms. The Morgan fingerprint density at radius 1 is 0.607 bits per heavy atom. The fourth-order valence-electron chi connectivity index (χ4n) is 3.54. The third kappa shape index (κ3) is 2.87. The molecule has 0 bridgehead atoms. The van der Waals surface area contributed by atoms with Gasteiger partial charge in [0, 0.05) is 37.3 Å². The summed E-state index contributed by atoms with van der Waals surface area (Å²) in [6.45, 7) is 2.25. The first-order valence-electron chi connectivity index (χ1n) is 9.07. The Kier molecular flexibility index (Phi) is 3.96. The highest BCUT2D eigenvalue weighted by atomic mass is 16.7. The van der Waals surface area contributed by atoms with Gasteiger partial charge < -0.3 is 28.7 Å². The Labute approximate surface area is 161 Å². The SMILES string of the molecule is O=C(c1ccc2c(c1)OCO2)N1CCN(C(=O)c2ccc3c(c2)OCO3)CC1. The van der Waals surface area contributed by atoms with E-state index in [4.69, 9.17) is 18.9 Å². The van der Waals surface area contributed by atoms with Gasteiger partial charge in [0.05, 0.1) is 0 Å². The van der Waals surface area contributed by atoms with Gasteiger partial charge in [0.15, 0.2) is 23.0 Å². The van der Waals surface area contributed by atoms with Gasteiger partial charge in [-0.3, -0.25) is 9.59 Å². The number of piperazine rings is 1. The van der Waals surface area contributed by atoms with Gasteiger partial charge in [0.1, 0.15) is 0 Å². The van der Waals surface area contributed by atoms with E-state index >= 15 is 0 Å². The van der Waals surface area contributed by atoms with Crippen molar-refractivity contribution in [2.45, 2.75) is 0 Å². The van der Waals surface area contributed by atoms with Crippen molar-refractivity contribution in [1.29, 1.82) is 0 Å².